The number of nitrogens with one attached hydrogen (secondary N) is 2. The topological polar surface area (TPSA) is 57.8 Å². The van der Waals surface area contributed by atoms with Crippen molar-refractivity contribution in [2.45, 2.75) is 12.7 Å². The van der Waals surface area contributed by atoms with Crippen molar-refractivity contribution in [3.8, 4) is 0 Å². The normalized spacial score (nSPS) is 11.7. The second-order valence-corrected chi connectivity index (χ2v) is 5.10. The molecule has 0 radical (unpaired) electrons. The number of aromatic amines is 1. The smallest absolute Gasteiger partial charge is 0.347 e. The number of hydrogen-bond donors (Lipinski definition) is 2. The van der Waals surface area contributed by atoms with Crippen LogP contribution in [0.15, 0.2) is 42.5 Å². The predicted molar refractivity (Wildman–Crippen MR) is 78.7 cm³/mol. The summed E-state index contributed by atoms with van der Waals surface area (Å²) in [5.74, 6) is -1.61. The van der Waals surface area contributed by atoms with Crippen molar-refractivity contribution in [2.75, 3.05) is 0 Å². The lowest BCUT2D eigenvalue weighted by atomic mass is 10.1. The Hall–Kier alpha value is -2.90. The number of para-hydroxylation sites is 1. The highest BCUT2D eigenvalue weighted by atomic mass is 19.4. The van der Waals surface area contributed by atoms with Crippen molar-refractivity contribution in [1.29, 1.82) is 0 Å². The highest BCUT2D eigenvalue weighted by Crippen LogP contribution is 2.32. The van der Waals surface area contributed by atoms with Crippen molar-refractivity contribution in [1.82, 2.24) is 15.5 Å². The molecule has 0 fully saturated rings. The Bertz CT molecular complexity index is 902. The molecule has 0 spiro atoms. The predicted octanol–water partition coefficient (Wildman–Crippen LogP) is 3.65. The Balaban J connectivity index is 1.82. The van der Waals surface area contributed by atoms with Gasteiger partial charge in [-0.15, -0.1) is 0 Å². The van der Waals surface area contributed by atoms with Crippen LogP contribution in [-0.4, -0.2) is 16.1 Å². The molecule has 4 nitrogen and oxygen atoms in total. The summed E-state index contributed by atoms with van der Waals surface area (Å²) < 4.78 is 51.9. The monoisotopic (exact) mass is 337 g/mol. The van der Waals surface area contributed by atoms with Crippen LogP contribution in [0.25, 0.3) is 10.9 Å². The fourth-order valence-corrected chi connectivity index (χ4v) is 2.36. The highest BCUT2D eigenvalue weighted by molar-refractivity contribution is 6.04. The van der Waals surface area contributed by atoms with Gasteiger partial charge in [-0.2, -0.15) is 18.3 Å². The molecule has 0 unspecified atom stereocenters. The van der Waals surface area contributed by atoms with E-state index in [9.17, 15) is 22.4 Å². The first kappa shape index (κ1) is 16.0. The van der Waals surface area contributed by atoms with Gasteiger partial charge in [0.1, 0.15) is 5.82 Å². The number of aromatic nitrogens is 2. The molecule has 3 aromatic rings. The molecular weight excluding hydrogens is 326 g/mol. The van der Waals surface area contributed by atoms with E-state index in [0.29, 0.717) is 17.0 Å². The minimum absolute atomic E-state index is 0.0845. The van der Waals surface area contributed by atoms with E-state index < -0.39 is 30.0 Å². The maximum atomic E-state index is 13.1. The van der Waals surface area contributed by atoms with E-state index in [1.807, 2.05) is 0 Å². The lowest BCUT2D eigenvalue weighted by Gasteiger charge is -2.13. The van der Waals surface area contributed by atoms with Crippen molar-refractivity contribution in [3.63, 3.8) is 0 Å². The van der Waals surface area contributed by atoms with Gasteiger partial charge in [0, 0.05) is 11.9 Å². The Morgan fingerprint density at radius 3 is 2.67 bits per heavy atom. The van der Waals surface area contributed by atoms with Crippen molar-refractivity contribution < 1.29 is 22.4 Å². The van der Waals surface area contributed by atoms with E-state index >= 15 is 0 Å². The molecule has 0 saturated carbocycles. The zero-order valence-electron chi connectivity index (χ0n) is 12.1. The Morgan fingerprint density at radius 2 is 1.92 bits per heavy atom. The van der Waals surface area contributed by atoms with Crippen molar-refractivity contribution in [2.24, 2.45) is 0 Å². The van der Waals surface area contributed by atoms with Gasteiger partial charge in [0.15, 0.2) is 5.69 Å². The lowest BCUT2D eigenvalue weighted by molar-refractivity contribution is -0.138. The number of rotatable bonds is 3. The molecule has 0 saturated heterocycles. The first-order valence-corrected chi connectivity index (χ1v) is 6.93. The van der Waals surface area contributed by atoms with Gasteiger partial charge < -0.3 is 5.32 Å². The average molecular weight is 337 g/mol. The summed E-state index contributed by atoms with van der Waals surface area (Å²) in [4.78, 5) is 12.2. The van der Waals surface area contributed by atoms with Crippen molar-refractivity contribution >= 4 is 16.8 Å². The largest absolute Gasteiger partial charge is 0.416 e. The third kappa shape index (κ3) is 3.08. The van der Waals surface area contributed by atoms with Gasteiger partial charge in [-0.3, -0.25) is 9.89 Å². The standard InChI is InChI=1S/C16H11F4N3O/c17-10-6-5-9(12(7-10)16(18,19)20)8-21-15(24)14-11-3-1-2-4-13(11)22-23-14/h1-7H,8H2,(H,21,24)(H,22,23). The molecule has 24 heavy (non-hydrogen) atoms. The minimum atomic E-state index is -4.71. The Kier molecular flexibility index (Phi) is 3.96. The van der Waals surface area contributed by atoms with Crippen molar-refractivity contribution in [3.05, 3.63) is 65.1 Å². The van der Waals surface area contributed by atoms with E-state index in [2.05, 4.69) is 15.5 Å². The molecule has 0 aliphatic heterocycles. The summed E-state index contributed by atoms with van der Waals surface area (Å²) in [6.45, 7) is -0.394. The van der Waals surface area contributed by atoms with Crippen LogP contribution in [0.5, 0.6) is 0 Å². The number of carbonyl (C=O) groups is 1. The van der Waals surface area contributed by atoms with Gasteiger partial charge in [-0.25, -0.2) is 4.39 Å². The molecule has 0 atom stereocenters. The summed E-state index contributed by atoms with van der Waals surface area (Å²) in [5.41, 5.74) is -0.617. The summed E-state index contributed by atoms with van der Waals surface area (Å²) in [6, 6.07) is 9.20. The molecule has 0 bridgehead atoms. The van der Waals surface area contributed by atoms with Crippen LogP contribution < -0.4 is 5.32 Å². The maximum Gasteiger partial charge on any atom is 0.416 e. The van der Waals surface area contributed by atoms with Gasteiger partial charge in [0.25, 0.3) is 5.91 Å². The second kappa shape index (κ2) is 5.95. The molecule has 124 valence electrons. The summed E-state index contributed by atoms with van der Waals surface area (Å²) in [6.07, 6.45) is -4.71. The molecule has 1 aromatic heterocycles. The first-order valence-electron chi connectivity index (χ1n) is 6.93. The second-order valence-electron chi connectivity index (χ2n) is 5.10. The van der Waals surface area contributed by atoms with Crippen LogP contribution in [0, 0.1) is 5.82 Å². The van der Waals surface area contributed by atoms with Crippen LogP contribution in [-0.2, 0) is 12.7 Å². The molecule has 1 amide bonds. The summed E-state index contributed by atoms with van der Waals surface area (Å²) in [5, 5.41) is 9.49. The summed E-state index contributed by atoms with van der Waals surface area (Å²) in [7, 11) is 0. The molecule has 8 heteroatoms. The van der Waals surface area contributed by atoms with Crippen LogP contribution in [0.3, 0.4) is 0 Å². The molecule has 2 N–H and O–H groups in total. The van der Waals surface area contributed by atoms with Crippen LogP contribution in [0.4, 0.5) is 17.6 Å². The third-order valence-electron chi connectivity index (χ3n) is 3.50. The molecule has 1 heterocycles. The molecule has 0 aliphatic carbocycles. The van der Waals surface area contributed by atoms with Gasteiger partial charge in [0.05, 0.1) is 11.1 Å². The van der Waals surface area contributed by atoms with E-state index in [0.717, 1.165) is 12.1 Å². The molecule has 2 aromatic carbocycles. The first-order chi connectivity index (χ1) is 11.4. The van der Waals surface area contributed by atoms with Crippen LogP contribution >= 0.6 is 0 Å². The zero-order chi connectivity index (χ0) is 17.3. The van der Waals surface area contributed by atoms with Gasteiger partial charge in [-0.05, 0) is 23.8 Å². The number of benzene rings is 2. The Labute approximate surface area is 133 Å². The number of carbonyl (C=O) groups excluding carboxylic acids is 1. The number of amides is 1. The van der Waals surface area contributed by atoms with E-state index in [1.54, 1.807) is 24.3 Å². The van der Waals surface area contributed by atoms with E-state index in [1.165, 1.54) is 0 Å². The molecular formula is C16H11F4N3O. The number of alkyl halides is 3. The molecule has 0 aliphatic rings. The van der Waals surface area contributed by atoms with Crippen LogP contribution in [0.2, 0.25) is 0 Å². The maximum absolute atomic E-state index is 13.1. The fourth-order valence-electron chi connectivity index (χ4n) is 2.36. The van der Waals surface area contributed by atoms with Gasteiger partial charge in [-0.1, -0.05) is 24.3 Å². The quantitative estimate of drug-likeness (QED) is 0.717. The number of H-pyrrole nitrogens is 1. The minimum Gasteiger partial charge on any atom is -0.347 e. The lowest BCUT2D eigenvalue weighted by Crippen LogP contribution is -2.25. The number of hydrogen-bond acceptors (Lipinski definition) is 2. The number of nitrogens with zero attached hydrogens (tertiary/aromatic N) is 1. The SMILES string of the molecule is O=C(NCc1ccc(F)cc1C(F)(F)F)c1n[nH]c2ccccc12. The van der Waals surface area contributed by atoms with Gasteiger partial charge >= 0.3 is 6.18 Å². The zero-order valence-corrected chi connectivity index (χ0v) is 12.1. The summed E-state index contributed by atoms with van der Waals surface area (Å²) >= 11 is 0. The highest BCUT2D eigenvalue weighted by Gasteiger charge is 2.33. The third-order valence-corrected chi connectivity index (χ3v) is 3.50. The number of halogens is 4. The van der Waals surface area contributed by atoms with E-state index in [-0.39, 0.29) is 11.3 Å². The average Bonchev–Trinajstić information content (AvgIpc) is 2.96. The van der Waals surface area contributed by atoms with Gasteiger partial charge in [0.2, 0.25) is 0 Å². The molecule has 3 rings (SSSR count). The Morgan fingerprint density at radius 1 is 1.17 bits per heavy atom. The van der Waals surface area contributed by atoms with E-state index in [4.69, 9.17) is 0 Å². The fraction of sp³-hybridized carbons (Fsp3) is 0.125. The number of fused-ring (bicyclic) bond motifs is 1. The van der Waals surface area contributed by atoms with Crippen LogP contribution in [0.1, 0.15) is 21.6 Å².